The molecule has 2 aromatic carbocycles. The molecule has 7 heteroatoms. The molecule has 0 spiro atoms. The number of hydrogen-bond acceptors (Lipinski definition) is 7. The molecule has 0 fully saturated rings. The van der Waals surface area contributed by atoms with Crippen molar-refractivity contribution in [3.8, 4) is 28.7 Å². The molecule has 1 heterocycles. The first-order chi connectivity index (χ1) is 10.9. The highest BCUT2D eigenvalue weighted by molar-refractivity contribution is 6.05. The molecule has 2 aromatic rings. The minimum Gasteiger partial charge on any atom is -0.508 e. The van der Waals surface area contributed by atoms with Crippen LogP contribution in [0.15, 0.2) is 30.3 Å². The molecule has 2 atom stereocenters. The zero-order valence-electron chi connectivity index (χ0n) is 12.1. The molecule has 120 valence electrons. The van der Waals surface area contributed by atoms with Crippen LogP contribution in [0.25, 0.3) is 0 Å². The molecular weight excluding hydrogens is 304 g/mol. The molecule has 3 rings (SSSR count). The van der Waals surface area contributed by atoms with Crippen molar-refractivity contribution in [1.29, 1.82) is 0 Å². The second-order valence-electron chi connectivity index (χ2n) is 5.12. The maximum absolute atomic E-state index is 12.3. The average Bonchev–Trinajstić information content (AvgIpc) is 2.50. The SMILES string of the molecule is COc1cc([C@@H]2Oc3cc(O)cc(O)c3C(=O)[C@@H]2O)ccc1O. The molecule has 0 amide bonds. The Morgan fingerprint density at radius 3 is 2.52 bits per heavy atom. The van der Waals surface area contributed by atoms with E-state index in [1.807, 2.05) is 0 Å². The molecule has 1 aliphatic heterocycles. The van der Waals surface area contributed by atoms with Crippen molar-refractivity contribution in [3.05, 3.63) is 41.5 Å². The van der Waals surface area contributed by atoms with Crippen molar-refractivity contribution in [2.45, 2.75) is 12.2 Å². The number of ketones is 1. The number of benzene rings is 2. The lowest BCUT2D eigenvalue weighted by molar-refractivity contribution is 0.0210. The Hall–Kier alpha value is -2.93. The fourth-order valence-corrected chi connectivity index (χ4v) is 2.54. The highest BCUT2D eigenvalue weighted by Crippen LogP contribution is 2.42. The van der Waals surface area contributed by atoms with E-state index in [1.165, 1.54) is 31.4 Å². The molecule has 1 aliphatic rings. The molecule has 0 aliphatic carbocycles. The number of aromatic hydroxyl groups is 3. The smallest absolute Gasteiger partial charge is 0.202 e. The number of aliphatic hydroxyl groups is 1. The Bertz CT molecular complexity index is 784. The van der Waals surface area contributed by atoms with Crippen LogP contribution in [0.2, 0.25) is 0 Å². The van der Waals surface area contributed by atoms with Crippen LogP contribution < -0.4 is 9.47 Å². The monoisotopic (exact) mass is 318 g/mol. The molecule has 0 bridgehead atoms. The van der Waals surface area contributed by atoms with E-state index in [-0.39, 0.29) is 28.6 Å². The van der Waals surface area contributed by atoms with E-state index in [0.717, 1.165) is 6.07 Å². The largest absolute Gasteiger partial charge is 0.508 e. The summed E-state index contributed by atoms with van der Waals surface area (Å²) < 4.78 is 10.6. The number of methoxy groups -OCH3 is 1. The van der Waals surface area contributed by atoms with Crippen molar-refractivity contribution < 1.29 is 34.7 Å². The summed E-state index contributed by atoms with van der Waals surface area (Å²) in [6.45, 7) is 0. The van der Waals surface area contributed by atoms with Gasteiger partial charge in [0.05, 0.1) is 7.11 Å². The predicted molar refractivity (Wildman–Crippen MR) is 78.1 cm³/mol. The van der Waals surface area contributed by atoms with Crippen molar-refractivity contribution >= 4 is 5.78 Å². The maximum Gasteiger partial charge on any atom is 0.202 e. The lowest BCUT2D eigenvalue weighted by atomic mass is 9.92. The summed E-state index contributed by atoms with van der Waals surface area (Å²) in [6.07, 6.45) is -2.61. The first kappa shape index (κ1) is 15.0. The predicted octanol–water partition coefficient (Wildman–Crippen LogP) is 1.49. The van der Waals surface area contributed by atoms with Gasteiger partial charge in [0, 0.05) is 12.1 Å². The Morgan fingerprint density at radius 2 is 1.83 bits per heavy atom. The highest BCUT2D eigenvalue weighted by atomic mass is 16.5. The van der Waals surface area contributed by atoms with Crippen LogP contribution in [0.3, 0.4) is 0 Å². The van der Waals surface area contributed by atoms with Crippen LogP contribution in [-0.4, -0.2) is 39.4 Å². The number of carbonyl (C=O) groups excluding carboxylic acids is 1. The van der Waals surface area contributed by atoms with E-state index in [4.69, 9.17) is 9.47 Å². The van der Waals surface area contributed by atoms with E-state index in [9.17, 15) is 25.2 Å². The number of ether oxygens (including phenoxy) is 2. The fraction of sp³-hybridized carbons (Fsp3) is 0.188. The number of phenols is 3. The Kier molecular flexibility index (Phi) is 3.49. The third kappa shape index (κ3) is 2.40. The highest BCUT2D eigenvalue weighted by Gasteiger charge is 2.39. The van der Waals surface area contributed by atoms with Gasteiger partial charge >= 0.3 is 0 Å². The molecule has 23 heavy (non-hydrogen) atoms. The van der Waals surface area contributed by atoms with Gasteiger partial charge in [0.2, 0.25) is 5.78 Å². The van der Waals surface area contributed by atoms with Crippen LogP contribution >= 0.6 is 0 Å². The normalized spacial score (nSPS) is 19.8. The minimum absolute atomic E-state index is 0.0326. The Morgan fingerprint density at radius 1 is 1.09 bits per heavy atom. The van der Waals surface area contributed by atoms with E-state index >= 15 is 0 Å². The Balaban J connectivity index is 2.07. The van der Waals surface area contributed by atoms with E-state index in [1.54, 1.807) is 0 Å². The number of fused-ring (bicyclic) bond motifs is 1. The first-order valence-corrected chi connectivity index (χ1v) is 6.74. The van der Waals surface area contributed by atoms with Gasteiger partial charge in [-0.1, -0.05) is 6.07 Å². The summed E-state index contributed by atoms with van der Waals surface area (Å²) in [5.41, 5.74) is 0.214. The number of aliphatic hydroxyl groups excluding tert-OH is 1. The number of rotatable bonds is 2. The van der Waals surface area contributed by atoms with E-state index < -0.39 is 23.7 Å². The number of hydrogen-bond donors (Lipinski definition) is 4. The number of phenolic OH excluding ortho intramolecular Hbond substituents is 3. The number of Topliss-reactive ketones (excluding diaryl/α,β-unsaturated/α-hetero) is 1. The summed E-state index contributed by atoms with van der Waals surface area (Å²) in [7, 11) is 1.37. The third-order valence-corrected chi connectivity index (χ3v) is 3.65. The fourth-order valence-electron chi connectivity index (χ4n) is 2.54. The van der Waals surface area contributed by atoms with Crippen LogP contribution in [0.5, 0.6) is 28.7 Å². The standard InChI is InChI=1S/C16H14O7/c1-22-11-4-7(2-3-9(11)18)16-15(21)14(20)13-10(19)5-8(17)6-12(13)23-16/h2-6,15-19,21H,1H3/t15-,16-/m0/s1. The second-order valence-corrected chi connectivity index (χ2v) is 5.12. The minimum atomic E-state index is -1.55. The van der Waals surface area contributed by atoms with Gasteiger partial charge in [0.1, 0.15) is 22.8 Å². The van der Waals surface area contributed by atoms with Gasteiger partial charge in [0.25, 0.3) is 0 Å². The Labute approximate surface area is 131 Å². The van der Waals surface area contributed by atoms with Gasteiger partial charge in [-0.2, -0.15) is 0 Å². The molecular formula is C16H14O7. The molecule has 0 unspecified atom stereocenters. The summed E-state index contributed by atoms with van der Waals surface area (Å²) >= 11 is 0. The molecule has 7 nitrogen and oxygen atoms in total. The number of carbonyl (C=O) groups is 1. The lowest BCUT2D eigenvalue weighted by Gasteiger charge is -2.30. The van der Waals surface area contributed by atoms with E-state index in [2.05, 4.69) is 0 Å². The van der Waals surface area contributed by atoms with E-state index in [0.29, 0.717) is 5.56 Å². The van der Waals surface area contributed by atoms with Gasteiger partial charge in [-0.05, 0) is 17.7 Å². The summed E-state index contributed by atoms with van der Waals surface area (Å²) in [5, 5.41) is 39.1. The van der Waals surface area contributed by atoms with Crippen LogP contribution in [0.4, 0.5) is 0 Å². The van der Waals surface area contributed by atoms with Gasteiger partial charge in [0.15, 0.2) is 23.7 Å². The van der Waals surface area contributed by atoms with Crippen molar-refractivity contribution in [2.24, 2.45) is 0 Å². The van der Waals surface area contributed by atoms with Gasteiger partial charge in [-0.3, -0.25) is 4.79 Å². The zero-order valence-corrected chi connectivity index (χ0v) is 12.1. The molecule has 0 saturated carbocycles. The van der Waals surface area contributed by atoms with Crippen molar-refractivity contribution in [3.63, 3.8) is 0 Å². The summed E-state index contributed by atoms with van der Waals surface area (Å²) in [5.74, 6) is -1.42. The first-order valence-electron chi connectivity index (χ1n) is 6.74. The third-order valence-electron chi connectivity index (χ3n) is 3.65. The molecule has 0 aromatic heterocycles. The van der Waals surface area contributed by atoms with Gasteiger partial charge < -0.3 is 29.9 Å². The van der Waals surface area contributed by atoms with Gasteiger partial charge in [-0.25, -0.2) is 0 Å². The van der Waals surface area contributed by atoms with Gasteiger partial charge in [-0.15, -0.1) is 0 Å². The topological polar surface area (TPSA) is 116 Å². The average molecular weight is 318 g/mol. The van der Waals surface area contributed by atoms with Crippen molar-refractivity contribution in [1.82, 2.24) is 0 Å². The van der Waals surface area contributed by atoms with Crippen LogP contribution in [-0.2, 0) is 0 Å². The lowest BCUT2D eigenvalue weighted by Crippen LogP contribution is -2.36. The summed E-state index contributed by atoms with van der Waals surface area (Å²) in [4.78, 5) is 12.3. The summed E-state index contributed by atoms with van der Waals surface area (Å²) in [6, 6.07) is 6.45. The molecule has 0 radical (unpaired) electrons. The molecule has 4 N–H and O–H groups in total. The van der Waals surface area contributed by atoms with Crippen molar-refractivity contribution in [2.75, 3.05) is 7.11 Å². The second kappa shape index (κ2) is 5.36. The zero-order chi connectivity index (χ0) is 16.7. The van der Waals surface area contributed by atoms with Crippen LogP contribution in [0.1, 0.15) is 22.0 Å². The quantitative estimate of drug-likeness (QED) is 0.663. The molecule has 0 saturated heterocycles. The van der Waals surface area contributed by atoms with Crippen LogP contribution in [0, 0.1) is 0 Å². The maximum atomic E-state index is 12.3.